The van der Waals surface area contributed by atoms with E-state index < -0.39 is 0 Å². The first kappa shape index (κ1) is 14.8. The Morgan fingerprint density at radius 3 is 2.79 bits per heavy atom. The average molecular weight is 267 g/mol. The van der Waals surface area contributed by atoms with Crippen molar-refractivity contribution in [3.63, 3.8) is 0 Å². The fourth-order valence-electron chi connectivity index (χ4n) is 3.52. The molecule has 4 heteroatoms. The maximum Gasteiger partial charge on any atom is 0.227 e. The summed E-state index contributed by atoms with van der Waals surface area (Å²) < 4.78 is 0. The highest BCUT2D eigenvalue weighted by Crippen LogP contribution is 2.24. The third-order valence-corrected chi connectivity index (χ3v) is 4.34. The van der Waals surface area contributed by atoms with E-state index in [0.29, 0.717) is 17.9 Å². The lowest BCUT2D eigenvalue weighted by Gasteiger charge is -2.27. The summed E-state index contributed by atoms with van der Waals surface area (Å²) in [6, 6.07) is 0.427. The normalized spacial score (nSPS) is 28.5. The van der Waals surface area contributed by atoms with E-state index in [1.54, 1.807) is 0 Å². The van der Waals surface area contributed by atoms with E-state index in [-0.39, 0.29) is 5.92 Å². The third-order valence-electron chi connectivity index (χ3n) is 4.34. The number of rotatable bonds is 5. The van der Waals surface area contributed by atoms with E-state index in [9.17, 15) is 4.79 Å². The molecule has 2 fully saturated rings. The summed E-state index contributed by atoms with van der Waals surface area (Å²) in [4.78, 5) is 17.2. The van der Waals surface area contributed by atoms with Crippen LogP contribution in [0.25, 0.3) is 0 Å². The van der Waals surface area contributed by atoms with Crippen molar-refractivity contribution in [2.75, 3.05) is 39.8 Å². The second-order valence-corrected chi connectivity index (χ2v) is 6.52. The molecule has 2 heterocycles. The minimum atomic E-state index is 0.246. The van der Waals surface area contributed by atoms with Gasteiger partial charge in [-0.25, -0.2) is 0 Å². The Balaban J connectivity index is 1.86. The Labute approximate surface area is 117 Å². The molecule has 0 aromatic carbocycles. The molecule has 0 bridgehead atoms. The van der Waals surface area contributed by atoms with E-state index in [1.165, 1.54) is 6.42 Å². The van der Waals surface area contributed by atoms with Crippen LogP contribution in [0.1, 0.15) is 33.1 Å². The van der Waals surface area contributed by atoms with E-state index in [1.807, 2.05) is 7.05 Å². The number of carbonyl (C=O) groups excluding carboxylic acids is 1. The summed E-state index contributed by atoms with van der Waals surface area (Å²) in [5.41, 5.74) is 0. The van der Waals surface area contributed by atoms with Crippen LogP contribution in [0, 0.1) is 11.8 Å². The third kappa shape index (κ3) is 3.69. The van der Waals surface area contributed by atoms with Gasteiger partial charge >= 0.3 is 0 Å². The van der Waals surface area contributed by atoms with Crippen molar-refractivity contribution in [2.24, 2.45) is 11.8 Å². The number of hydrogen-bond donors (Lipinski definition) is 1. The van der Waals surface area contributed by atoms with Crippen molar-refractivity contribution in [1.82, 2.24) is 15.1 Å². The minimum absolute atomic E-state index is 0.246. The molecular formula is C15H29N3O. The number of nitrogens with zero attached hydrogens (tertiary/aromatic N) is 2. The van der Waals surface area contributed by atoms with Crippen molar-refractivity contribution in [2.45, 2.75) is 39.2 Å². The standard InChI is InChI=1S/C15H29N3O/c1-12(2)10-17-8-6-13(11-17)15(19)18-7-4-5-14(18)9-16-3/h12-14,16H,4-11H2,1-3H3. The molecule has 2 atom stereocenters. The summed E-state index contributed by atoms with van der Waals surface area (Å²) in [6.07, 6.45) is 3.38. The Morgan fingerprint density at radius 2 is 2.11 bits per heavy atom. The lowest BCUT2D eigenvalue weighted by atomic mass is 10.1. The fourth-order valence-corrected chi connectivity index (χ4v) is 3.52. The molecule has 0 saturated carbocycles. The van der Waals surface area contributed by atoms with Crippen molar-refractivity contribution in [3.05, 3.63) is 0 Å². The predicted octanol–water partition coefficient (Wildman–Crippen LogP) is 1.17. The molecular weight excluding hydrogens is 238 g/mol. The fraction of sp³-hybridized carbons (Fsp3) is 0.933. The molecule has 1 N–H and O–H groups in total. The predicted molar refractivity (Wildman–Crippen MR) is 78.0 cm³/mol. The van der Waals surface area contributed by atoms with Crippen LogP contribution >= 0.6 is 0 Å². The van der Waals surface area contributed by atoms with Crippen LogP contribution < -0.4 is 5.32 Å². The Morgan fingerprint density at radius 1 is 1.32 bits per heavy atom. The summed E-state index contributed by atoms with van der Waals surface area (Å²) >= 11 is 0. The smallest absolute Gasteiger partial charge is 0.227 e. The van der Waals surface area contributed by atoms with E-state index in [0.717, 1.165) is 45.6 Å². The molecule has 0 spiro atoms. The lowest BCUT2D eigenvalue weighted by molar-refractivity contribution is -0.135. The van der Waals surface area contributed by atoms with Gasteiger partial charge in [-0.1, -0.05) is 13.8 Å². The van der Waals surface area contributed by atoms with Gasteiger partial charge in [0.25, 0.3) is 0 Å². The number of nitrogens with one attached hydrogen (secondary N) is 1. The Bertz CT molecular complexity index is 306. The number of amides is 1. The first-order chi connectivity index (χ1) is 9.11. The summed E-state index contributed by atoms with van der Waals surface area (Å²) in [5.74, 6) is 1.35. The van der Waals surface area contributed by atoms with Gasteiger partial charge in [-0.3, -0.25) is 4.79 Å². The zero-order chi connectivity index (χ0) is 13.8. The van der Waals surface area contributed by atoms with Crippen molar-refractivity contribution in [1.29, 1.82) is 0 Å². The van der Waals surface area contributed by atoms with Crippen LogP contribution in [-0.4, -0.2) is 61.5 Å². The topological polar surface area (TPSA) is 35.6 Å². The quantitative estimate of drug-likeness (QED) is 0.812. The zero-order valence-corrected chi connectivity index (χ0v) is 12.7. The van der Waals surface area contributed by atoms with E-state index >= 15 is 0 Å². The Kier molecular flexibility index (Phi) is 5.22. The molecule has 2 saturated heterocycles. The average Bonchev–Trinajstić information content (AvgIpc) is 2.97. The first-order valence-corrected chi connectivity index (χ1v) is 7.79. The highest BCUT2D eigenvalue weighted by Gasteiger charge is 2.36. The van der Waals surface area contributed by atoms with Crippen molar-refractivity contribution in [3.8, 4) is 0 Å². The van der Waals surface area contributed by atoms with Gasteiger partial charge in [-0.15, -0.1) is 0 Å². The highest BCUT2D eigenvalue weighted by molar-refractivity contribution is 5.80. The monoisotopic (exact) mass is 267 g/mol. The van der Waals surface area contributed by atoms with Gasteiger partial charge in [-0.2, -0.15) is 0 Å². The van der Waals surface area contributed by atoms with Crippen LogP contribution in [0.15, 0.2) is 0 Å². The lowest BCUT2D eigenvalue weighted by Crippen LogP contribution is -2.44. The highest BCUT2D eigenvalue weighted by atomic mass is 16.2. The molecule has 4 nitrogen and oxygen atoms in total. The SMILES string of the molecule is CNCC1CCCN1C(=O)C1CCN(CC(C)C)C1. The van der Waals surface area contributed by atoms with Crippen molar-refractivity contribution < 1.29 is 4.79 Å². The van der Waals surface area contributed by atoms with Crippen LogP contribution in [0.4, 0.5) is 0 Å². The van der Waals surface area contributed by atoms with Crippen molar-refractivity contribution >= 4 is 5.91 Å². The van der Waals surface area contributed by atoms with E-state index in [4.69, 9.17) is 0 Å². The van der Waals surface area contributed by atoms with Gasteiger partial charge in [0.1, 0.15) is 0 Å². The maximum atomic E-state index is 12.6. The number of hydrogen-bond acceptors (Lipinski definition) is 3. The molecule has 0 aromatic rings. The molecule has 0 aromatic heterocycles. The van der Waals surface area contributed by atoms with Gasteiger partial charge in [0.05, 0.1) is 5.92 Å². The minimum Gasteiger partial charge on any atom is -0.338 e. The molecule has 110 valence electrons. The number of carbonyl (C=O) groups is 1. The summed E-state index contributed by atoms with van der Waals surface area (Å²) in [5, 5.41) is 3.22. The van der Waals surface area contributed by atoms with Crippen LogP contribution in [0.2, 0.25) is 0 Å². The summed E-state index contributed by atoms with van der Waals surface area (Å²) in [7, 11) is 1.97. The molecule has 19 heavy (non-hydrogen) atoms. The zero-order valence-electron chi connectivity index (χ0n) is 12.7. The van der Waals surface area contributed by atoms with Gasteiger partial charge in [0, 0.05) is 32.2 Å². The van der Waals surface area contributed by atoms with Crippen LogP contribution in [-0.2, 0) is 4.79 Å². The molecule has 0 aliphatic carbocycles. The number of likely N-dealkylation sites (tertiary alicyclic amines) is 2. The maximum absolute atomic E-state index is 12.6. The summed E-state index contributed by atoms with van der Waals surface area (Å²) in [6.45, 7) is 9.60. The number of likely N-dealkylation sites (N-methyl/N-ethyl adjacent to an activating group) is 1. The molecule has 1 amide bonds. The first-order valence-electron chi connectivity index (χ1n) is 7.79. The largest absolute Gasteiger partial charge is 0.338 e. The van der Waals surface area contributed by atoms with Crippen LogP contribution in [0.3, 0.4) is 0 Å². The van der Waals surface area contributed by atoms with Gasteiger partial charge < -0.3 is 15.1 Å². The molecule has 2 aliphatic rings. The Hall–Kier alpha value is -0.610. The van der Waals surface area contributed by atoms with Gasteiger partial charge in [-0.05, 0) is 38.8 Å². The molecule has 2 unspecified atom stereocenters. The van der Waals surface area contributed by atoms with Gasteiger partial charge in [0.15, 0.2) is 0 Å². The van der Waals surface area contributed by atoms with Crippen LogP contribution in [0.5, 0.6) is 0 Å². The second kappa shape index (κ2) is 6.71. The molecule has 2 aliphatic heterocycles. The molecule has 2 rings (SSSR count). The second-order valence-electron chi connectivity index (χ2n) is 6.52. The van der Waals surface area contributed by atoms with E-state index in [2.05, 4.69) is 29.0 Å². The van der Waals surface area contributed by atoms with Gasteiger partial charge in [0.2, 0.25) is 5.91 Å². The molecule has 0 radical (unpaired) electrons.